The van der Waals surface area contributed by atoms with Crippen molar-refractivity contribution in [2.75, 3.05) is 6.54 Å². The van der Waals surface area contributed by atoms with E-state index in [9.17, 15) is 8.42 Å². The first-order valence-corrected chi connectivity index (χ1v) is 8.42. The second kappa shape index (κ2) is 4.92. The van der Waals surface area contributed by atoms with Crippen molar-refractivity contribution in [2.45, 2.75) is 50.6 Å². The minimum absolute atomic E-state index is 0.0154. The molecule has 1 aliphatic heterocycles. The molecule has 0 amide bonds. The first-order valence-electron chi connectivity index (χ1n) is 6.17. The Morgan fingerprint density at radius 1 is 1.44 bits per heavy atom. The van der Waals surface area contributed by atoms with Crippen molar-refractivity contribution in [2.24, 2.45) is 5.73 Å². The molecule has 0 radical (unpaired) electrons. The maximum absolute atomic E-state index is 12.6. The predicted molar refractivity (Wildman–Crippen MR) is 74.4 cm³/mol. The van der Waals surface area contributed by atoms with Gasteiger partial charge in [-0.3, -0.25) is 0 Å². The Morgan fingerprint density at radius 2 is 2.11 bits per heavy atom. The van der Waals surface area contributed by atoms with Gasteiger partial charge in [-0.1, -0.05) is 0 Å². The van der Waals surface area contributed by atoms with E-state index >= 15 is 0 Å². The summed E-state index contributed by atoms with van der Waals surface area (Å²) in [7, 11) is -3.36. The molecule has 1 fully saturated rings. The lowest BCUT2D eigenvalue weighted by atomic mass is 10.0. The van der Waals surface area contributed by atoms with Crippen molar-refractivity contribution in [3.8, 4) is 0 Å². The number of aryl methyl sites for hydroxylation is 2. The summed E-state index contributed by atoms with van der Waals surface area (Å²) in [6, 6.07) is 1.88. The van der Waals surface area contributed by atoms with Crippen LogP contribution < -0.4 is 5.73 Å². The van der Waals surface area contributed by atoms with Crippen molar-refractivity contribution in [1.82, 2.24) is 4.31 Å². The molecule has 0 aliphatic carbocycles. The maximum Gasteiger partial charge on any atom is 0.244 e. The van der Waals surface area contributed by atoms with E-state index in [2.05, 4.69) is 0 Å². The zero-order chi connectivity index (χ0) is 13.5. The summed E-state index contributed by atoms with van der Waals surface area (Å²) in [4.78, 5) is 2.37. The molecule has 0 saturated carbocycles. The quantitative estimate of drug-likeness (QED) is 0.903. The van der Waals surface area contributed by atoms with Crippen LogP contribution in [0.25, 0.3) is 0 Å². The summed E-state index contributed by atoms with van der Waals surface area (Å²) in [6.45, 7) is 6.27. The summed E-state index contributed by atoms with van der Waals surface area (Å²) in [5.41, 5.74) is 5.88. The van der Waals surface area contributed by atoms with Crippen LogP contribution in [0.3, 0.4) is 0 Å². The van der Waals surface area contributed by atoms with Gasteiger partial charge >= 0.3 is 0 Å². The summed E-state index contributed by atoms with van der Waals surface area (Å²) in [5.74, 6) is 0. The second-order valence-corrected chi connectivity index (χ2v) is 8.35. The van der Waals surface area contributed by atoms with Crippen molar-refractivity contribution < 1.29 is 8.42 Å². The van der Waals surface area contributed by atoms with Gasteiger partial charge in [-0.05, 0) is 39.7 Å². The Hall–Kier alpha value is -0.430. The standard InChI is InChI=1S/C12H20N2O2S2/c1-8-6-11(13)4-5-14(8)18(15,16)12-7-9(2)17-10(12)3/h7-8,11H,4-6,13H2,1-3H3. The molecule has 4 nitrogen and oxygen atoms in total. The fourth-order valence-corrected chi connectivity index (χ4v) is 5.72. The van der Waals surface area contributed by atoms with Gasteiger partial charge in [0.25, 0.3) is 0 Å². The van der Waals surface area contributed by atoms with E-state index in [-0.39, 0.29) is 12.1 Å². The molecule has 6 heteroatoms. The number of hydrogen-bond donors (Lipinski definition) is 1. The van der Waals surface area contributed by atoms with Crippen LogP contribution in [0, 0.1) is 13.8 Å². The molecule has 2 heterocycles. The second-order valence-electron chi connectivity index (χ2n) is 5.03. The highest BCUT2D eigenvalue weighted by Gasteiger charge is 2.34. The van der Waals surface area contributed by atoms with Gasteiger partial charge in [0.05, 0.1) is 4.90 Å². The molecule has 0 bridgehead atoms. The maximum atomic E-state index is 12.6. The molecule has 2 rings (SSSR count). The van der Waals surface area contributed by atoms with Gasteiger partial charge in [0.1, 0.15) is 0 Å². The van der Waals surface area contributed by atoms with Crippen LogP contribution in [-0.2, 0) is 10.0 Å². The highest BCUT2D eigenvalue weighted by molar-refractivity contribution is 7.89. The van der Waals surface area contributed by atoms with E-state index in [4.69, 9.17) is 5.73 Å². The number of hydrogen-bond acceptors (Lipinski definition) is 4. The van der Waals surface area contributed by atoms with Crippen molar-refractivity contribution in [3.05, 3.63) is 15.8 Å². The lowest BCUT2D eigenvalue weighted by Gasteiger charge is -2.35. The lowest BCUT2D eigenvalue weighted by molar-refractivity contribution is 0.247. The molecular formula is C12H20N2O2S2. The van der Waals surface area contributed by atoms with E-state index in [0.717, 1.165) is 22.6 Å². The molecule has 1 saturated heterocycles. The molecule has 1 aliphatic rings. The fourth-order valence-electron chi connectivity index (χ4n) is 2.53. The zero-order valence-electron chi connectivity index (χ0n) is 11.0. The van der Waals surface area contributed by atoms with Crippen molar-refractivity contribution in [1.29, 1.82) is 0 Å². The van der Waals surface area contributed by atoms with Gasteiger partial charge in [-0.25, -0.2) is 8.42 Å². The van der Waals surface area contributed by atoms with Gasteiger partial charge in [-0.2, -0.15) is 4.31 Å². The van der Waals surface area contributed by atoms with Crippen LogP contribution in [-0.4, -0.2) is 31.4 Å². The summed E-state index contributed by atoms with van der Waals surface area (Å²) in [6.07, 6.45) is 1.48. The summed E-state index contributed by atoms with van der Waals surface area (Å²) in [5, 5.41) is 0. The first kappa shape index (κ1) is 14.0. The molecule has 2 atom stereocenters. The average molecular weight is 288 g/mol. The third-order valence-electron chi connectivity index (χ3n) is 3.44. The summed E-state index contributed by atoms with van der Waals surface area (Å²) >= 11 is 1.53. The Kier molecular flexibility index (Phi) is 3.82. The number of nitrogens with two attached hydrogens (primary N) is 1. The van der Waals surface area contributed by atoms with E-state index in [1.807, 2.05) is 20.8 Å². The number of piperidine rings is 1. The van der Waals surface area contributed by atoms with E-state index in [1.165, 1.54) is 11.3 Å². The highest BCUT2D eigenvalue weighted by atomic mass is 32.2. The molecule has 102 valence electrons. The zero-order valence-corrected chi connectivity index (χ0v) is 12.6. The monoisotopic (exact) mass is 288 g/mol. The van der Waals surface area contributed by atoms with Crippen LogP contribution >= 0.6 is 11.3 Å². The molecule has 1 aromatic rings. The van der Waals surface area contributed by atoms with Crippen LogP contribution in [0.15, 0.2) is 11.0 Å². The van der Waals surface area contributed by atoms with Crippen molar-refractivity contribution >= 4 is 21.4 Å². The van der Waals surface area contributed by atoms with Gasteiger partial charge in [0.15, 0.2) is 0 Å². The molecule has 0 spiro atoms. The summed E-state index contributed by atoms with van der Waals surface area (Å²) < 4.78 is 26.9. The Morgan fingerprint density at radius 3 is 2.61 bits per heavy atom. The van der Waals surface area contributed by atoms with Gasteiger partial charge in [-0.15, -0.1) is 11.3 Å². The van der Waals surface area contributed by atoms with E-state index in [1.54, 1.807) is 10.4 Å². The van der Waals surface area contributed by atoms with Gasteiger partial charge in [0, 0.05) is 28.4 Å². The van der Waals surface area contributed by atoms with Crippen molar-refractivity contribution in [3.63, 3.8) is 0 Å². The Balaban J connectivity index is 2.34. The number of nitrogens with zero attached hydrogens (tertiary/aromatic N) is 1. The Bertz CT molecular complexity index is 536. The number of sulfonamides is 1. The number of rotatable bonds is 2. The van der Waals surface area contributed by atoms with Crippen LogP contribution in [0.1, 0.15) is 29.5 Å². The van der Waals surface area contributed by atoms with E-state index < -0.39 is 10.0 Å². The largest absolute Gasteiger partial charge is 0.328 e. The molecule has 2 unspecified atom stereocenters. The molecule has 2 N–H and O–H groups in total. The smallest absolute Gasteiger partial charge is 0.244 e. The molecule has 0 aromatic carbocycles. The highest BCUT2D eigenvalue weighted by Crippen LogP contribution is 2.30. The normalized spacial score (nSPS) is 26.4. The minimum Gasteiger partial charge on any atom is -0.328 e. The molecular weight excluding hydrogens is 268 g/mol. The topological polar surface area (TPSA) is 63.4 Å². The minimum atomic E-state index is -3.36. The third-order valence-corrected chi connectivity index (χ3v) is 6.67. The van der Waals surface area contributed by atoms with Gasteiger partial charge in [0.2, 0.25) is 10.0 Å². The molecule has 1 aromatic heterocycles. The molecule has 18 heavy (non-hydrogen) atoms. The van der Waals surface area contributed by atoms with Crippen LogP contribution in [0.4, 0.5) is 0 Å². The van der Waals surface area contributed by atoms with Crippen LogP contribution in [0.5, 0.6) is 0 Å². The average Bonchev–Trinajstić information content (AvgIpc) is 2.57. The van der Waals surface area contributed by atoms with E-state index in [0.29, 0.717) is 11.4 Å². The third kappa shape index (κ3) is 2.47. The predicted octanol–water partition coefficient (Wildman–Crippen LogP) is 1.87. The number of thiophene rings is 1. The Labute approximate surface area is 113 Å². The fraction of sp³-hybridized carbons (Fsp3) is 0.667. The first-order chi connectivity index (χ1) is 8.32. The SMILES string of the molecule is Cc1cc(S(=O)(=O)N2CCC(N)CC2C)c(C)s1. The van der Waals surface area contributed by atoms with Gasteiger partial charge < -0.3 is 5.73 Å². The lowest BCUT2D eigenvalue weighted by Crippen LogP contribution is -2.48. The van der Waals surface area contributed by atoms with Crippen LogP contribution in [0.2, 0.25) is 0 Å².